The van der Waals surface area contributed by atoms with Crippen LogP contribution >= 0.6 is 0 Å². The molecule has 8 heterocycles. The Labute approximate surface area is 392 Å². The molecule has 1 atom stereocenters. The van der Waals surface area contributed by atoms with Gasteiger partial charge in [0.1, 0.15) is 35.7 Å². The number of piperidine rings is 2. The molecule has 0 radical (unpaired) electrons. The Hall–Kier alpha value is -7.25. The second-order valence-electron chi connectivity index (χ2n) is 17.9. The molecule has 4 aromatic heterocycles. The summed E-state index contributed by atoms with van der Waals surface area (Å²) in [5, 5.41) is 10.5. The minimum atomic E-state index is -0.776. The fourth-order valence-corrected chi connectivity index (χ4v) is 9.91. The van der Waals surface area contributed by atoms with E-state index in [4.69, 9.17) is 20.6 Å². The Balaban J connectivity index is 0.669. The average Bonchev–Trinajstić information content (AvgIpc) is 3.91. The van der Waals surface area contributed by atoms with E-state index in [-0.39, 0.29) is 55.8 Å². The number of likely N-dealkylation sites (tertiary alicyclic amines) is 1. The molecule has 2 aromatic carbocycles. The van der Waals surface area contributed by atoms with Crippen LogP contribution in [0.15, 0.2) is 79.3 Å². The molecule has 3 fully saturated rings. The summed E-state index contributed by atoms with van der Waals surface area (Å²) >= 11 is 0. The van der Waals surface area contributed by atoms with Gasteiger partial charge in [0.2, 0.25) is 17.7 Å². The number of pyridine rings is 2. The first-order chi connectivity index (χ1) is 33.1. The lowest BCUT2D eigenvalue weighted by molar-refractivity contribution is -0.138. The zero-order chi connectivity index (χ0) is 46.9. The highest BCUT2D eigenvalue weighted by Gasteiger charge is 2.38. The van der Waals surface area contributed by atoms with Crippen molar-refractivity contribution >= 4 is 52.0 Å². The highest BCUT2D eigenvalue weighted by molar-refractivity contribution is 6.06. The standard InChI is InChI=1S/C49H54FN13O5/c1-31-55-40-9-8-38(33-13-16-52-43(51)24-33)56-47(40)63(31)36-7-10-41(37(50)25-36)59-20-22-60(23-21-59)45(65)6-3-17-58-18-14-35(15-19-58)62-28-32(27-54-62)26-53-39-5-2-4-34-29-68-30-61(49(67)46(34)39)42-11-12-44(64)57-48(42)66/h2,4-5,7-10,13,16,24-25,27-28,35,42,53H,3,6,11-12,14-15,17-23,26,29-30H2,1H3,(H2,51,52)(H,57,64,66). The van der Waals surface area contributed by atoms with Gasteiger partial charge in [-0.1, -0.05) is 12.1 Å². The van der Waals surface area contributed by atoms with Crippen molar-refractivity contribution in [3.8, 4) is 16.9 Å². The van der Waals surface area contributed by atoms with E-state index in [0.29, 0.717) is 90.3 Å². The van der Waals surface area contributed by atoms with E-state index in [9.17, 15) is 19.2 Å². The number of halogens is 1. The van der Waals surface area contributed by atoms with Gasteiger partial charge in [-0.3, -0.25) is 33.7 Å². The largest absolute Gasteiger partial charge is 0.384 e. The van der Waals surface area contributed by atoms with Crippen molar-refractivity contribution < 1.29 is 28.3 Å². The number of nitrogens with zero attached hydrogens (tertiary/aromatic N) is 10. The van der Waals surface area contributed by atoms with Gasteiger partial charge in [0.05, 0.1) is 41.5 Å². The number of aryl methyl sites for hydroxylation is 1. The van der Waals surface area contributed by atoms with Crippen molar-refractivity contribution in [2.75, 3.05) is 68.5 Å². The molecule has 0 saturated carbocycles. The maximum Gasteiger partial charge on any atom is 0.258 e. The lowest BCUT2D eigenvalue weighted by Crippen LogP contribution is -2.54. The lowest BCUT2D eigenvalue weighted by atomic mass is 10.0. The molecule has 18 nitrogen and oxygen atoms in total. The van der Waals surface area contributed by atoms with E-state index < -0.39 is 11.9 Å². The number of benzene rings is 2. The van der Waals surface area contributed by atoms with Gasteiger partial charge >= 0.3 is 0 Å². The zero-order valence-corrected chi connectivity index (χ0v) is 37.9. The number of nitrogen functional groups attached to an aromatic ring is 1. The maximum atomic E-state index is 15.9. The van der Waals surface area contributed by atoms with Crippen molar-refractivity contribution in [1.82, 2.24) is 49.3 Å². The molecule has 6 aromatic rings. The number of hydrogen-bond acceptors (Lipinski definition) is 13. The molecule has 4 aliphatic rings. The number of anilines is 3. The fourth-order valence-electron chi connectivity index (χ4n) is 9.91. The molecule has 0 spiro atoms. The second-order valence-corrected chi connectivity index (χ2v) is 17.9. The van der Waals surface area contributed by atoms with Crippen molar-refractivity contribution in [2.24, 2.45) is 0 Å². The summed E-state index contributed by atoms with van der Waals surface area (Å²) in [4.78, 5) is 72.9. The SMILES string of the molecule is Cc1nc2ccc(-c3ccnc(N)c3)nc2n1-c1ccc(N2CCN(C(=O)CCCN3CCC(n4cc(CNc5cccc6c5C(=O)N(C5CCC(=O)NC5=O)COC6)cn4)CC3)CC2)c(F)c1. The normalized spacial score (nSPS) is 18.5. The number of piperazine rings is 1. The predicted octanol–water partition coefficient (Wildman–Crippen LogP) is 4.82. The van der Waals surface area contributed by atoms with Crippen LogP contribution in [-0.2, 0) is 32.3 Å². The van der Waals surface area contributed by atoms with Gasteiger partial charge in [0.25, 0.3) is 5.91 Å². The summed E-state index contributed by atoms with van der Waals surface area (Å²) in [6, 6.07) is 17.7. The van der Waals surface area contributed by atoms with Crippen LogP contribution in [0.3, 0.4) is 0 Å². The van der Waals surface area contributed by atoms with E-state index in [1.165, 1.54) is 11.0 Å². The first kappa shape index (κ1) is 44.6. The van der Waals surface area contributed by atoms with E-state index in [1.807, 2.05) is 74.6 Å². The molecule has 4 amide bonds. The number of nitrogens with one attached hydrogen (secondary N) is 2. The van der Waals surface area contributed by atoms with Crippen LogP contribution in [0.5, 0.6) is 0 Å². The quantitative estimate of drug-likeness (QED) is 0.141. The minimum absolute atomic E-state index is 0.0391. The highest BCUT2D eigenvalue weighted by Crippen LogP contribution is 2.31. The predicted molar refractivity (Wildman–Crippen MR) is 252 cm³/mol. The van der Waals surface area contributed by atoms with Crippen LogP contribution in [0.4, 0.5) is 21.6 Å². The molecule has 3 saturated heterocycles. The number of amides is 4. The van der Waals surface area contributed by atoms with Crippen molar-refractivity contribution in [1.29, 1.82) is 0 Å². The third kappa shape index (κ3) is 9.22. The molecule has 4 aliphatic heterocycles. The Morgan fingerprint density at radius 2 is 1.81 bits per heavy atom. The first-order valence-electron chi connectivity index (χ1n) is 23.3. The maximum absolute atomic E-state index is 15.9. The molecule has 0 bridgehead atoms. The smallest absolute Gasteiger partial charge is 0.258 e. The van der Waals surface area contributed by atoms with Gasteiger partial charge in [0.15, 0.2) is 5.65 Å². The number of ether oxygens (including phenoxy) is 1. The monoisotopic (exact) mass is 923 g/mol. The summed E-state index contributed by atoms with van der Waals surface area (Å²) in [6.07, 6.45) is 9.09. The first-order valence-corrected chi connectivity index (χ1v) is 23.3. The molecular weight excluding hydrogens is 870 g/mol. The number of fused-ring (bicyclic) bond motifs is 2. The summed E-state index contributed by atoms with van der Waals surface area (Å²) < 4.78 is 25.5. The zero-order valence-electron chi connectivity index (χ0n) is 37.9. The molecule has 1 unspecified atom stereocenters. The molecule has 352 valence electrons. The van der Waals surface area contributed by atoms with E-state index in [0.717, 1.165) is 55.6 Å². The number of imide groups is 1. The van der Waals surface area contributed by atoms with E-state index in [1.54, 1.807) is 18.3 Å². The van der Waals surface area contributed by atoms with Gasteiger partial charge < -0.3 is 35.4 Å². The van der Waals surface area contributed by atoms with Crippen LogP contribution in [0.25, 0.3) is 28.1 Å². The number of aromatic nitrogens is 6. The Bertz CT molecular complexity index is 2880. The summed E-state index contributed by atoms with van der Waals surface area (Å²) in [7, 11) is 0. The average molecular weight is 924 g/mol. The number of rotatable bonds is 12. The number of imidazole rings is 1. The highest BCUT2D eigenvalue weighted by atomic mass is 19.1. The number of nitrogens with two attached hydrogens (primary N) is 1. The lowest BCUT2D eigenvalue weighted by Gasteiger charge is -2.36. The third-order valence-electron chi connectivity index (χ3n) is 13.5. The Morgan fingerprint density at radius 3 is 2.60 bits per heavy atom. The molecule has 10 rings (SSSR count). The summed E-state index contributed by atoms with van der Waals surface area (Å²) in [5.41, 5.74) is 12.7. The van der Waals surface area contributed by atoms with E-state index >= 15 is 4.39 Å². The van der Waals surface area contributed by atoms with Gasteiger partial charge in [0, 0.05) is 93.9 Å². The number of carbonyl (C=O) groups is 4. The third-order valence-corrected chi connectivity index (χ3v) is 13.5. The van der Waals surface area contributed by atoms with Crippen molar-refractivity contribution in [3.05, 3.63) is 108 Å². The van der Waals surface area contributed by atoms with Crippen molar-refractivity contribution in [3.63, 3.8) is 0 Å². The minimum Gasteiger partial charge on any atom is -0.384 e. The summed E-state index contributed by atoms with van der Waals surface area (Å²) in [5.74, 6) is -0.250. The topological polar surface area (TPSA) is 202 Å². The van der Waals surface area contributed by atoms with Gasteiger partial charge in [-0.25, -0.2) is 19.3 Å². The summed E-state index contributed by atoms with van der Waals surface area (Å²) in [6.45, 7) is 7.34. The molecule has 0 aliphatic carbocycles. The van der Waals surface area contributed by atoms with Gasteiger partial charge in [-0.2, -0.15) is 5.10 Å². The second kappa shape index (κ2) is 19.2. The number of hydrogen-bond donors (Lipinski definition) is 3. The van der Waals surface area contributed by atoms with Crippen LogP contribution in [0.2, 0.25) is 0 Å². The Morgan fingerprint density at radius 1 is 0.971 bits per heavy atom. The van der Waals surface area contributed by atoms with Gasteiger partial charge in [-0.15, -0.1) is 0 Å². The van der Waals surface area contributed by atoms with Gasteiger partial charge in [-0.05, 0) is 87.2 Å². The van der Waals surface area contributed by atoms with Crippen LogP contribution in [0, 0.1) is 12.7 Å². The molecule has 68 heavy (non-hydrogen) atoms. The molecular formula is C49H54FN13O5. The fraction of sp³-hybridized carbons (Fsp3) is 0.388. The van der Waals surface area contributed by atoms with Crippen molar-refractivity contribution in [2.45, 2.75) is 70.7 Å². The van der Waals surface area contributed by atoms with Crippen LogP contribution < -0.4 is 21.3 Å². The molecule has 4 N–H and O–H groups in total. The van der Waals surface area contributed by atoms with Crippen LogP contribution in [-0.4, -0.2) is 126 Å². The van der Waals surface area contributed by atoms with Crippen LogP contribution in [0.1, 0.15) is 71.9 Å². The van der Waals surface area contributed by atoms with E-state index in [2.05, 4.69) is 31.7 Å². The number of carbonyl (C=O) groups excluding carboxylic acids is 4. The molecule has 19 heteroatoms. The Kier molecular flexibility index (Phi) is 12.6.